The molecule has 2 nitrogen and oxygen atoms in total. The van der Waals surface area contributed by atoms with Crippen LogP contribution in [0, 0.1) is 0 Å². The molecule has 0 aliphatic carbocycles. The van der Waals surface area contributed by atoms with Crippen LogP contribution in [0.4, 0.5) is 0 Å². The van der Waals surface area contributed by atoms with Gasteiger partial charge in [-0.15, -0.1) is 0 Å². The maximum Gasteiger partial charge on any atom is 0.0692 e. The molecule has 0 aliphatic rings. The van der Waals surface area contributed by atoms with E-state index in [4.69, 9.17) is 15.7 Å². The molecule has 0 amide bonds. The van der Waals surface area contributed by atoms with Crippen LogP contribution in [-0.4, -0.2) is 10.2 Å². The van der Waals surface area contributed by atoms with Gasteiger partial charge in [0.05, 0.1) is 18.6 Å². The maximum atomic E-state index is 9.16. The van der Waals surface area contributed by atoms with Gasteiger partial charge in [-0.1, -0.05) is 34.1 Å². The summed E-state index contributed by atoms with van der Waals surface area (Å²) >= 11 is 2.95. The second-order valence-corrected chi connectivity index (χ2v) is 2.68. The van der Waals surface area contributed by atoms with E-state index in [1.54, 1.807) is 0 Å². The second-order valence-electron chi connectivity index (χ2n) is 1.89. The van der Waals surface area contributed by atoms with Crippen LogP contribution in [-0.2, 0) is 13.1 Å². The third-order valence-corrected chi connectivity index (χ3v) is 2.09. The van der Waals surface area contributed by atoms with Gasteiger partial charge in [-0.3, -0.25) is 0 Å². The first-order valence-corrected chi connectivity index (χ1v) is 3.67. The number of benzene rings is 1. The SMILES string of the molecule is [2H]C([2H])(O)c1cccc(C([2H])([2H])O)c1Br. The predicted octanol–water partition coefficient (Wildman–Crippen LogP) is 1.43. The lowest BCUT2D eigenvalue weighted by atomic mass is 10.1. The minimum atomic E-state index is -2.58. The standard InChI is InChI=1S/C8H9BrO2/c9-8-6(4-10)2-1-3-7(8)5-11/h1-3,10-11H,4-5H2/i4D2,5D2. The van der Waals surface area contributed by atoms with Crippen molar-refractivity contribution in [3.05, 3.63) is 33.8 Å². The molecule has 0 fully saturated rings. The Kier molecular flexibility index (Phi) is 1.61. The van der Waals surface area contributed by atoms with Crippen LogP contribution < -0.4 is 0 Å². The van der Waals surface area contributed by atoms with Gasteiger partial charge in [0, 0.05) is 4.47 Å². The Bertz CT molecular complexity index is 338. The summed E-state index contributed by atoms with van der Waals surface area (Å²) in [6.07, 6.45) is 0. The van der Waals surface area contributed by atoms with E-state index in [1.165, 1.54) is 18.2 Å². The summed E-state index contributed by atoms with van der Waals surface area (Å²) in [5, 5.41) is 18.3. The van der Waals surface area contributed by atoms with Gasteiger partial charge in [0.2, 0.25) is 0 Å². The fourth-order valence-electron chi connectivity index (χ4n) is 0.705. The lowest BCUT2D eigenvalue weighted by Crippen LogP contribution is -1.91. The molecule has 0 aromatic heterocycles. The third-order valence-electron chi connectivity index (χ3n) is 1.24. The molecule has 60 valence electrons. The zero-order chi connectivity index (χ0) is 11.9. The summed E-state index contributed by atoms with van der Waals surface area (Å²) in [6, 6.07) is 3.97. The molecule has 11 heavy (non-hydrogen) atoms. The molecule has 1 aromatic carbocycles. The normalized spacial score (nSPS) is 18.1. The lowest BCUT2D eigenvalue weighted by molar-refractivity contribution is 0.274. The van der Waals surface area contributed by atoms with Gasteiger partial charge < -0.3 is 10.2 Å². The van der Waals surface area contributed by atoms with Gasteiger partial charge >= 0.3 is 0 Å². The van der Waals surface area contributed by atoms with E-state index in [0.717, 1.165) is 0 Å². The smallest absolute Gasteiger partial charge is 0.0692 e. The van der Waals surface area contributed by atoms with Gasteiger partial charge in [0.15, 0.2) is 0 Å². The third kappa shape index (κ3) is 1.80. The van der Waals surface area contributed by atoms with Crippen molar-refractivity contribution in [2.75, 3.05) is 0 Å². The summed E-state index contributed by atoms with van der Waals surface area (Å²) in [5.41, 5.74) is -0.254. The van der Waals surface area contributed by atoms with Crippen LogP contribution in [0.2, 0.25) is 0 Å². The minimum Gasteiger partial charge on any atom is -0.392 e. The van der Waals surface area contributed by atoms with Crippen molar-refractivity contribution in [2.45, 2.75) is 13.1 Å². The average molecular weight is 221 g/mol. The molecule has 0 atom stereocenters. The van der Waals surface area contributed by atoms with E-state index < -0.39 is 13.1 Å². The van der Waals surface area contributed by atoms with Crippen molar-refractivity contribution in [3.63, 3.8) is 0 Å². The van der Waals surface area contributed by atoms with E-state index in [9.17, 15) is 0 Å². The number of halogens is 1. The van der Waals surface area contributed by atoms with Crippen molar-refractivity contribution in [1.82, 2.24) is 0 Å². The summed E-state index contributed by atoms with van der Waals surface area (Å²) in [4.78, 5) is 0. The van der Waals surface area contributed by atoms with E-state index in [1.807, 2.05) is 0 Å². The van der Waals surface area contributed by atoms with Crippen LogP contribution in [0.15, 0.2) is 22.7 Å². The highest BCUT2D eigenvalue weighted by molar-refractivity contribution is 9.10. The average Bonchev–Trinajstić information content (AvgIpc) is 1.99. The van der Waals surface area contributed by atoms with E-state index in [-0.39, 0.29) is 15.6 Å². The Morgan fingerprint density at radius 3 is 2.09 bits per heavy atom. The Hall–Kier alpha value is -0.380. The first-order chi connectivity index (χ1) is 6.64. The Labute approximate surface area is 79.2 Å². The highest BCUT2D eigenvalue weighted by Crippen LogP contribution is 2.21. The maximum absolute atomic E-state index is 9.16. The first kappa shape index (κ1) is 4.60. The van der Waals surface area contributed by atoms with Gasteiger partial charge in [-0.2, -0.15) is 0 Å². The number of hydrogen-bond donors (Lipinski definition) is 2. The molecule has 0 bridgehead atoms. The number of hydrogen-bond acceptors (Lipinski definition) is 2. The zero-order valence-electron chi connectivity index (χ0n) is 9.50. The predicted molar refractivity (Wildman–Crippen MR) is 46.0 cm³/mol. The van der Waals surface area contributed by atoms with Crippen LogP contribution in [0.1, 0.15) is 16.6 Å². The minimum absolute atomic E-state index is 0.0185. The molecule has 0 unspecified atom stereocenters. The monoisotopic (exact) mass is 220 g/mol. The van der Waals surface area contributed by atoms with Crippen molar-refractivity contribution >= 4 is 15.9 Å². The molecule has 1 aromatic rings. The van der Waals surface area contributed by atoms with Crippen LogP contribution in [0.3, 0.4) is 0 Å². The van der Waals surface area contributed by atoms with E-state index in [2.05, 4.69) is 15.9 Å². The van der Waals surface area contributed by atoms with Gasteiger partial charge in [0.1, 0.15) is 0 Å². The molecule has 0 heterocycles. The quantitative estimate of drug-likeness (QED) is 0.793. The van der Waals surface area contributed by atoms with Crippen molar-refractivity contribution in [2.24, 2.45) is 0 Å². The van der Waals surface area contributed by atoms with Crippen molar-refractivity contribution in [3.8, 4) is 0 Å². The number of aliphatic hydroxyl groups is 2. The zero-order valence-corrected chi connectivity index (χ0v) is 7.09. The molecule has 0 radical (unpaired) electrons. The molecule has 0 saturated carbocycles. The fraction of sp³-hybridized carbons (Fsp3) is 0.250. The summed E-state index contributed by atoms with van der Waals surface area (Å²) in [7, 11) is 0. The fourth-order valence-corrected chi connectivity index (χ4v) is 1.15. The lowest BCUT2D eigenvalue weighted by Gasteiger charge is -2.04. The highest BCUT2D eigenvalue weighted by Gasteiger charge is 2.02. The molecule has 0 spiro atoms. The van der Waals surface area contributed by atoms with E-state index >= 15 is 0 Å². The van der Waals surface area contributed by atoms with Crippen molar-refractivity contribution < 1.29 is 15.7 Å². The molecule has 3 heteroatoms. The van der Waals surface area contributed by atoms with Crippen LogP contribution in [0.5, 0.6) is 0 Å². The molecule has 2 N–H and O–H groups in total. The van der Waals surface area contributed by atoms with Crippen LogP contribution in [0.25, 0.3) is 0 Å². The summed E-state index contributed by atoms with van der Waals surface area (Å²) < 4.78 is 28.4. The summed E-state index contributed by atoms with van der Waals surface area (Å²) in [6.45, 7) is -5.17. The summed E-state index contributed by atoms with van der Waals surface area (Å²) in [5.74, 6) is 0. The molecule has 0 aliphatic heterocycles. The molecule has 1 rings (SSSR count). The van der Waals surface area contributed by atoms with Gasteiger partial charge in [-0.25, -0.2) is 0 Å². The van der Waals surface area contributed by atoms with E-state index in [0.29, 0.717) is 0 Å². The Morgan fingerprint density at radius 2 is 1.73 bits per heavy atom. The first-order valence-electron chi connectivity index (χ1n) is 4.88. The molecular weight excluding hydrogens is 208 g/mol. The second kappa shape index (κ2) is 3.85. The molecular formula is C8H9BrO2. The largest absolute Gasteiger partial charge is 0.392 e. The van der Waals surface area contributed by atoms with Crippen molar-refractivity contribution in [1.29, 1.82) is 0 Å². The molecule has 0 saturated heterocycles. The van der Waals surface area contributed by atoms with Gasteiger partial charge in [-0.05, 0) is 11.1 Å². The van der Waals surface area contributed by atoms with Gasteiger partial charge in [0.25, 0.3) is 0 Å². The number of rotatable bonds is 2. The topological polar surface area (TPSA) is 40.5 Å². The Balaban J connectivity index is 3.37. The van der Waals surface area contributed by atoms with Crippen LogP contribution >= 0.6 is 15.9 Å². The Morgan fingerprint density at radius 1 is 1.27 bits per heavy atom. The highest BCUT2D eigenvalue weighted by atomic mass is 79.9.